The van der Waals surface area contributed by atoms with E-state index in [0.717, 1.165) is 0 Å². The molecular formula is C54H90O45. The summed E-state index contributed by atoms with van der Waals surface area (Å²) in [5.74, 6) is 0. The smallest absolute Gasteiger partial charge is 0.187 e. The zero-order valence-electron chi connectivity index (χ0n) is 51.8. The van der Waals surface area contributed by atoms with Gasteiger partial charge in [0.05, 0.1) is 59.5 Å². The SMILES string of the molecule is OC[C@@H]1O[C@@H]2O[C@H]3[C@H](O)[C@@H](O)[C@@H](O[C@H]4[C@H](O)[C@H](O)[C@@H](O[C@H]5[C@@H](O)[C@H](O)[C@@H](O[C@H]6[C@H](O)[C@@H](O)[C@@H](O[C@H]7[C@H](O)[C@@H](O)[C@@H](O[C@H]8[C@H](O)[C@@H](O)[C@@H](O[C@H]1[C@H](O)[C@H]2O)O[C@H]8CO)O[C@H]7CO)O[C@@H]6CO)O[C@@H]5CO)O[C@@H]4CO)O[C@H]3CO[C@@H]1O[C@H](CO)[C@@H](O[C@@H]2O[C@H](CO)[C@H](O)[C@H](O)[C@H]2O)[C@H](O)[C@H]1O. The molecule has 0 aromatic rings. The maximum atomic E-state index is 12.0. The van der Waals surface area contributed by atoms with E-state index in [9.17, 15) is 138 Å². The van der Waals surface area contributed by atoms with E-state index in [1.165, 1.54) is 0 Å². The summed E-state index contributed by atoms with van der Waals surface area (Å²) in [7, 11) is 0. The zero-order valence-corrected chi connectivity index (χ0v) is 51.8. The molecule has 23 aliphatic heterocycles. The van der Waals surface area contributed by atoms with Crippen molar-refractivity contribution in [2.75, 3.05) is 59.5 Å². The second-order valence-corrected chi connectivity index (χ2v) is 25.3. The molecule has 99 heavy (non-hydrogen) atoms. The number of hydrogen-bond acceptors (Lipinski definition) is 45. The van der Waals surface area contributed by atoms with Gasteiger partial charge in [0.2, 0.25) is 0 Å². The minimum Gasteiger partial charge on any atom is -0.394 e. The largest absolute Gasteiger partial charge is 0.394 e. The Labute approximate surface area is 558 Å². The summed E-state index contributed by atoms with van der Waals surface area (Å²) in [4.78, 5) is 0. The third-order valence-electron chi connectivity index (χ3n) is 19.0. The summed E-state index contributed by atoms with van der Waals surface area (Å²) in [6, 6.07) is 0. The van der Waals surface area contributed by atoms with E-state index in [2.05, 4.69) is 0 Å². The monoisotopic (exact) mass is 1460 g/mol. The molecule has 0 amide bonds. The first-order chi connectivity index (χ1) is 47.1. The highest BCUT2D eigenvalue weighted by atomic mass is 16.8. The van der Waals surface area contributed by atoms with Gasteiger partial charge in [0.1, 0.15) is 220 Å². The van der Waals surface area contributed by atoms with Crippen molar-refractivity contribution in [1.29, 1.82) is 0 Å². The normalized spacial score (nSPS) is 55.1. The molecule has 0 aromatic heterocycles. The minimum absolute atomic E-state index is 0.906. The van der Waals surface area contributed by atoms with E-state index in [-0.39, 0.29) is 0 Å². The number of hydrogen-bond donors (Lipinski definition) is 27. The highest BCUT2D eigenvalue weighted by molar-refractivity contribution is 5.03. The summed E-state index contributed by atoms with van der Waals surface area (Å²) >= 11 is 0. The molecule has 27 N–H and O–H groups in total. The number of aliphatic hydroxyl groups excluding tert-OH is 27. The molecule has 0 saturated carbocycles. The standard InChI is InChI=1S/C54H90O45/c55-1-10-19(63)20(64)29(73)47(83-10)92-38-11(2-56)84-46(30(74)21(38)65)82-9-18-45-28(72)37(81)54(91-18)98-44-17(8-62)89-52(35(79)26(44)70)96-42-15(6-60)87-50(33(77)24(42)68)94-40-13(4-58)85-48(31(75)22(40)66)93-39-12(3-57)86-49(32(76)23(39)67)95-41-14(5-59)88-51(34(78)25(41)69)97-43-16(7-61)90-53(99-45)36(80)27(43)71/h10-81H,1-9H2/t10-,11-,12+,13-,14+,15-,16+,17-,18+,19+,20+,21-,22-,23-,24+,25-,26-,27-,28-,29-,30-,31-,32-,33+,34-,35+,36-,37-,38-,39-,40-,41-,42-,43-,44-,45-,46-,47+,48-,49-,50-,51-,52-,53-,54-/m1/s1. The van der Waals surface area contributed by atoms with E-state index in [1.807, 2.05) is 0 Å². The van der Waals surface area contributed by atoms with Crippen LogP contribution in [-0.4, -0.2) is 474 Å². The van der Waals surface area contributed by atoms with Gasteiger partial charge in [-0.05, 0) is 0 Å². The fourth-order valence-corrected chi connectivity index (χ4v) is 13.3. The lowest BCUT2D eigenvalue weighted by Crippen LogP contribution is -2.68. The zero-order chi connectivity index (χ0) is 72.1. The van der Waals surface area contributed by atoms with E-state index < -0.39 is 336 Å². The maximum Gasteiger partial charge on any atom is 0.187 e. The molecule has 576 valence electrons. The van der Waals surface area contributed by atoms with Gasteiger partial charge in [-0.2, -0.15) is 0 Å². The van der Waals surface area contributed by atoms with Gasteiger partial charge in [0, 0.05) is 0 Å². The van der Waals surface area contributed by atoms with E-state index in [4.69, 9.17) is 85.3 Å². The molecule has 23 heterocycles. The molecule has 0 unspecified atom stereocenters. The Kier molecular flexibility index (Phi) is 27.4. The first-order valence-electron chi connectivity index (χ1n) is 31.6. The first-order valence-corrected chi connectivity index (χ1v) is 31.6. The van der Waals surface area contributed by atoms with Crippen molar-refractivity contribution in [3.05, 3.63) is 0 Å². The van der Waals surface area contributed by atoms with Crippen LogP contribution in [0.5, 0.6) is 0 Å². The Morgan fingerprint density at radius 2 is 0.404 bits per heavy atom. The lowest BCUT2D eigenvalue weighted by molar-refractivity contribution is -0.399. The second kappa shape index (κ2) is 34.0. The third-order valence-corrected chi connectivity index (χ3v) is 19.0. The van der Waals surface area contributed by atoms with Crippen molar-refractivity contribution in [2.24, 2.45) is 0 Å². The summed E-state index contributed by atoms with van der Waals surface area (Å²) < 4.78 is 103. The molecule has 23 saturated heterocycles. The van der Waals surface area contributed by atoms with Gasteiger partial charge < -0.3 is 223 Å². The number of ether oxygens (including phenoxy) is 18. The van der Waals surface area contributed by atoms with Crippen molar-refractivity contribution in [3.8, 4) is 0 Å². The molecule has 45 heteroatoms. The molecule has 0 aliphatic carbocycles. The highest BCUT2D eigenvalue weighted by Gasteiger charge is 2.61. The van der Waals surface area contributed by atoms with Gasteiger partial charge in [-0.3, -0.25) is 0 Å². The van der Waals surface area contributed by atoms with Crippen molar-refractivity contribution in [1.82, 2.24) is 0 Å². The molecule has 14 bridgehead atoms. The number of rotatable bonds is 13. The van der Waals surface area contributed by atoms with Gasteiger partial charge in [-0.1, -0.05) is 0 Å². The van der Waals surface area contributed by atoms with E-state index in [0.29, 0.717) is 0 Å². The summed E-state index contributed by atoms with van der Waals surface area (Å²) in [5, 5.41) is 299. The lowest BCUT2D eigenvalue weighted by Gasteiger charge is -2.50. The van der Waals surface area contributed by atoms with E-state index in [1.54, 1.807) is 0 Å². The summed E-state index contributed by atoms with van der Waals surface area (Å²) in [6.07, 6.45) is -94.3. The topological polar surface area (TPSA) is 712 Å². The van der Waals surface area contributed by atoms with Crippen molar-refractivity contribution in [2.45, 2.75) is 276 Å². The third kappa shape index (κ3) is 16.0. The van der Waals surface area contributed by atoms with Gasteiger partial charge in [0.25, 0.3) is 0 Å². The van der Waals surface area contributed by atoms with Gasteiger partial charge >= 0.3 is 0 Å². The molecule has 0 spiro atoms. The second-order valence-electron chi connectivity index (χ2n) is 25.3. The minimum atomic E-state index is -2.43. The first kappa shape index (κ1) is 79.8. The van der Waals surface area contributed by atoms with Gasteiger partial charge in [0.15, 0.2) is 56.6 Å². The Morgan fingerprint density at radius 3 is 0.657 bits per heavy atom. The Hall–Kier alpha value is -1.80. The molecule has 0 radical (unpaired) electrons. The fraction of sp³-hybridized carbons (Fsp3) is 1.00. The Balaban J connectivity index is 0.938. The highest BCUT2D eigenvalue weighted by Crippen LogP contribution is 2.40. The van der Waals surface area contributed by atoms with Gasteiger partial charge in [-0.25, -0.2) is 0 Å². The molecule has 45 atom stereocenters. The Bertz CT molecular complexity index is 2450. The fourth-order valence-electron chi connectivity index (χ4n) is 13.3. The lowest BCUT2D eigenvalue weighted by atomic mass is 9.95. The molecule has 45 nitrogen and oxygen atoms in total. The molecular weight excluding hydrogens is 1370 g/mol. The van der Waals surface area contributed by atoms with Crippen LogP contribution in [0.3, 0.4) is 0 Å². The predicted molar refractivity (Wildman–Crippen MR) is 294 cm³/mol. The van der Waals surface area contributed by atoms with Crippen LogP contribution < -0.4 is 0 Å². The van der Waals surface area contributed by atoms with Crippen molar-refractivity contribution >= 4 is 0 Å². The van der Waals surface area contributed by atoms with Crippen LogP contribution in [-0.2, 0) is 85.3 Å². The molecule has 23 rings (SSSR count). The molecule has 23 fully saturated rings. The predicted octanol–water partition coefficient (Wildman–Crippen LogP) is -19.6. The summed E-state index contributed by atoms with van der Waals surface area (Å²) in [5.41, 5.74) is 0. The number of aliphatic hydroxyl groups is 27. The quantitative estimate of drug-likeness (QED) is 0.0814. The van der Waals surface area contributed by atoms with Crippen LogP contribution in [0.4, 0.5) is 0 Å². The van der Waals surface area contributed by atoms with Crippen molar-refractivity contribution in [3.63, 3.8) is 0 Å². The average Bonchev–Trinajstić information content (AvgIpc) is 0.789. The van der Waals surface area contributed by atoms with Crippen LogP contribution in [0.25, 0.3) is 0 Å². The van der Waals surface area contributed by atoms with Crippen LogP contribution in [0.15, 0.2) is 0 Å². The molecule has 23 aliphatic rings. The Morgan fingerprint density at radius 1 is 0.182 bits per heavy atom. The van der Waals surface area contributed by atoms with Crippen LogP contribution in [0, 0.1) is 0 Å². The average molecular weight is 1460 g/mol. The van der Waals surface area contributed by atoms with Crippen LogP contribution in [0.2, 0.25) is 0 Å². The van der Waals surface area contributed by atoms with Gasteiger partial charge in [-0.15, -0.1) is 0 Å². The summed E-state index contributed by atoms with van der Waals surface area (Å²) in [6.45, 7) is -9.86. The maximum absolute atomic E-state index is 12.0. The van der Waals surface area contributed by atoms with E-state index >= 15 is 0 Å². The molecule has 0 aromatic carbocycles. The van der Waals surface area contributed by atoms with Crippen molar-refractivity contribution < 1.29 is 223 Å². The van der Waals surface area contributed by atoms with Crippen LogP contribution in [0.1, 0.15) is 0 Å². The van der Waals surface area contributed by atoms with Crippen LogP contribution >= 0.6 is 0 Å².